The third kappa shape index (κ3) is 12.2. The summed E-state index contributed by atoms with van der Waals surface area (Å²) in [6, 6.07) is -4.11. The number of carboxylic acid groups (broad SMARTS) is 1. The zero-order chi connectivity index (χ0) is 26.4. The van der Waals surface area contributed by atoms with Crippen LogP contribution in [0.2, 0.25) is 0 Å². The molecule has 12 heteroatoms. The Labute approximate surface area is 205 Å². The number of aliphatic carboxylic acids is 1. The summed E-state index contributed by atoms with van der Waals surface area (Å²) in [5.74, 6) is -3.30. The summed E-state index contributed by atoms with van der Waals surface area (Å²) >= 11 is 1.43. The fourth-order valence-corrected chi connectivity index (χ4v) is 3.63. The molecule has 0 heterocycles. The molecule has 0 aromatic carbocycles. The second-order valence-electron chi connectivity index (χ2n) is 8.85. The van der Waals surface area contributed by atoms with Crippen molar-refractivity contribution in [1.82, 2.24) is 16.0 Å². The topological polar surface area (TPSA) is 194 Å². The monoisotopic (exact) mass is 503 g/mol. The molecule has 0 bridgehead atoms. The molecule has 0 fully saturated rings. The number of carbonyl (C=O) groups excluding carboxylic acids is 4. The molecule has 11 nitrogen and oxygen atoms in total. The predicted octanol–water partition coefficient (Wildman–Crippen LogP) is -0.0365. The van der Waals surface area contributed by atoms with E-state index in [4.69, 9.17) is 11.5 Å². The van der Waals surface area contributed by atoms with Gasteiger partial charge in [-0.3, -0.25) is 19.2 Å². The first-order chi connectivity index (χ1) is 15.8. The van der Waals surface area contributed by atoms with Crippen molar-refractivity contribution in [3.8, 4) is 0 Å². The van der Waals surface area contributed by atoms with Crippen molar-refractivity contribution in [3.05, 3.63) is 0 Å². The van der Waals surface area contributed by atoms with Crippen molar-refractivity contribution in [2.24, 2.45) is 23.3 Å². The minimum atomic E-state index is -1.20. The molecule has 0 aliphatic carbocycles. The van der Waals surface area contributed by atoms with Gasteiger partial charge in [0, 0.05) is 6.42 Å². The van der Waals surface area contributed by atoms with Crippen LogP contribution in [0.4, 0.5) is 0 Å². The number of primary amides is 1. The highest BCUT2D eigenvalue weighted by atomic mass is 32.2. The first-order valence-corrected chi connectivity index (χ1v) is 12.9. The Morgan fingerprint density at radius 2 is 1.50 bits per heavy atom. The van der Waals surface area contributed by atoms with Crippen LogP contribution in [-0.2, 0) is 24.0 Å². The van der Waals surface area contributed by atoms with Gasteiger partial charge in [0.25, 0.3) is 0 Å². The van der Waals surface area contributed by atoms with E-state index < -0.39 is 53.8 Å². The molecule has 196 valence electrons. The third-order valence-electron chi connectivity index (χ3n) is 5.39. The molecular weight excluding hydrogens is 462 g/mol. The highest BCUT2D eigenvalue weighted by Crippen LogP contribution is 2.11. The summed E-state index contributed by atoms with van der Waals surface area (Å²) < 4.78 is 0. The van der Waals surface area contributed by atoms with E-state index in [2.05, 4.69) is 16.0 Å². The lowest BCUT2D eigenvalue weighted by atomic mass is 9.96. The number of carboxylic acids is 1. The lowest BCUT2D eigenvalue weighted by Gasteiger charge is -2.28. The van der Waals surface area contributed by atoms with Crippen LogP contribution in [-0.4, -0.2) is 70.9 Å². The summed E-state index contributed by atoms with van der Waals surface area (Å²) in [4.78, 5) is 61.3. The second kappa shape index (κ2) is 16.3. The number of thioether (sulfide) groups is 1. The fourth-order valence-electron chi connectivity index (χ4n) is 3.16. The van der Waals surface area contributed by atoms with Gasteiger partial charge in [-0.1, -0.05) is 34.1 Å². The number of rotatable bonds is 17. The summed E-state index contributed by atoms with van der Waals surface area (Å²) in [5, 5.41) is 17.0. The van der Waals surface area contributed by atoms with Crippen LogP contribution in [0.15, 0.2) is 0 Å². The van der Waals surface area contributed by atoms with Gasteiger partial charge in [-0.2, -0.15) is 11.8 Å². The van der Waals surface area contributed by atoms with Gasteiger partial charge >= 0.3 is 5.97 Å². The van der Waals surface area contributed by atoms with Crippen molar-refractivity contribution >= 4 is 41.4 Å². The highest BCUT2D eigenvalue weighted by Gasteiger charge is 2.32. The van der Waals surface area contributed by atoms with Crippen molar-refractivity contribution in [3.63, 3.8) is 0 Å². The van der Waals surface area contributed by atoms with Crippen LogP contribution in [0.3, 0.4) is 0 Å². The van der Waals surface area contributed by atoms with E-state index in [0.29, 0.717) is 18.6 Å². The predicted molar refractivity (Wildman–Crippen MR) is 132 cm³/mol. The third-order valence-corrected chi connectivity index (χ3v) is 6.04. The number of nitrogens with two attached hydrogens (primary N) is 2. The lowest BCUT2D eigenvalue weighted by molar-refractivity contribution is -0.142. The first kappa shape index (κ1) is 31.7. The minimum Gasteiger partial charge on any atom is -0.480 e. The molecule has 0 aromatic rings. The Bertz CT molecular complexity index is 705. The number of nitrogens with one attached hydrogen (secondary N) is 3. The summed E-state index contributed by atoms with van der Waals surface area (Å²) in [6.07, 6.45) is 2.70. The maximum absolute atomic E-state index is 13.1. The lowest BCUT2D eigenvalue weighted by Crippen LogP contribution is -2.58. The van der Waals surface area contributed by atoms with Crippen LogP contribution in [0, 0.1) is 11.8 Å². The Morgan fingerprint density at radius 1 is 0.912 bits per heavy atom. The minimum absolute atomic E-state index is 0.115. The fraction of sp³-hybridized carbons (Fsp3) is 0.773. The van der Waals surface area contributed by atoms with Crippen LogP contribution >= 0.6 is 11.8 Å². The maximum Gasteiger partial charge on any atom is 0.326 e. The van der Waals surface area contributed by atoms with Crippen molar-refractivity contribution in [2.45, 2.75) is 84.0 Å². The highest BCUT2D eigenvalue weighted by molar-refractivity contribution is 7.98. The van der Waals surface area contributed by atoms with E-state index in [1.54, 1.807) is 6.92 Å². The largest absolute Gasteiger partial charge is 0.480 e. The smallest absolute Gasteiger partial charge is 0.326 e. The van der Waals surface area contributed by atoms with E-state index in [-0.39, 0.29) is 31.1 Å². The van der Waals surface area contributed by atoms with E-state index in [0.717, 1.165) is 0 Å². The van der Waals surface area contributed by atoms with Crippen LogP contribution in [0.25, 0.3) is 0 Å². The first-order valence-electron chi connectivity index (χ1n) is 11.5. The van der Waals surface area contributed by atoms with Crippen LogP contribution in [0.5, 0.6) is 0 Å². The van der Waals surface area contributed by atoms with E-state index in [1.165, 1.54) is 11.8 Å². The Balaban J connectivity index is 5.58. The summed E-state index contributed by atoms with van der Waals surface area (Å²) in [5.41, 5.74) is 11.1. The molecule has 0 saturated heterocycles. The average Bonchev–Trinajstić information content (AvgIpc) is 2.75. The van der Waals surface area contributed by atoms with Crippen molar-refractivity contribution in [1.29, 1.82) is 0 Å². The van der Waals surface area contributed by atoms with Gasteiger partial charge in [-0.15, -0.1) is 0 Å². The molecule has 0 aromatic heterocycles. The van der Waals surface area contributed by atoms with E-state index in [1.807, 2.05) is 27.0 Å². The Hall–Kier alpha value is -2.34. The van der Waals surface area contributed by atoms with Crippen molar-refractivity contribution in [2.75, 3.05) is 12.0 Å². The maximum atomic E-state index is 13.1. The SMILES string of the molecule is CCC(C)C(NC(=O)C(N)CC(C)C)C(=O)NC(CCC(N)=O)C(=O)NC(CCSC)C(=O)O. The van der Waals surface area contributed by atoms with E-state index in [9.17, 15) is 29.1 Å². The number of amides is 4. The number of hydrogen-bond acceptors (Lipinski definition) is 7. The van der Waals surface area contributed by atoms with Crippen LogP contribution < -0.4 is 27.4 Å². The van der Waals surface area contributed by atoms with Gasteiger partial charge in [0.1, 0.15) is 18.1 Å². The molecule has 5 unspecified atom stereocenters. The average molecular weight is 504 g/mol. The summed E-state index contributed by atoms with van der Waals surface area (Å²) in [6.45, 7) is 7.49. The Morgan fingerprint density at radius 3 is 1.97 bits per heavy atom. The molecular formula is C22H41N5O6S. The van der Waals surface area contributed by atoms with Gasteiger partial charge < -0.3 is 32.5 Å². The zero-order valence-electron chi connectivity index (χ0n) is 20.8. The molecule has 0 aliphatic heterocycles. The molecule has 0 aliphatic rings. The summed E-state index contributed by atoms with van der Waals surface area (Å²) in [7, 11) is 0. The molecule has 0 radical (unpaired) electrons. The standard InChI is InChI=1S/C22H41N5O6S/c1-6-13(4)18(27-19(29)14(23)11-12(2)3)21(31)25-15(7-8-17(24)28)20(30)26-16(22(32)33)9-10-34-5/h12-16,18H,6-11,23H2,1-5H3,(H2,24,28)(H,25,31)(H,26,30)(H,27,29)(H,32,33). The molecule has 34 heavy (non-hydrogen) atoms. The quantitative estimate of drug-likeness (QED) is 0.159. The van der Waals surface area contributed by atoms with Gasteiger partial charge in [0.2, 0.25) is 23.6 Å². The molecule has 0 saturated carbocycles. The van der Waals surface area contributed by atoms with Gasteiger partial charge in [-0.25, -0.2) is 4.79 Å². The van der Waals surface area contributed by atoms with Crippen LogP contribution in [0.1, 0.15) is 59.8 Å². The molecule has 0 spiro atoms. The molecule has 0 rings (SSSR count). The van der Waals surface area contributed by atoms with Gasteiger partial charge in [0.15, 0.2) is 0 Å². The molecule has 5 atom stereocenters. The van der Waals surface area contributed by atoms with Gasteiger partial charge in [0.05, 0.1) is 6.04 Å². The Kier molecular flexibility index (Phi) is 15.2. The zero-order valence-corrected chi connectivity index (χ0v) is 21.6. The molecule has 8 N–H and O–H groups in total. The molecule has 4 amide bonds. The second-order valence-corrected chi connectivity index (χ2v) is 9.84. The number of carbonyl (C=O) groups is 5. The van der Waals surface area contributed by atoms with Crippen molar-refractivity contribution < 1.29 is 29.1 Å². The van der Waals surface area contributed by atoms with E-state index >= 15 is 0 Å². The normalized spacial score (nSPS) is 15.5. The number of hydrogen-bond donors (Lipinski definition) is 6. The van der Waals surface area contributed by atoms with Gasteiger partial charge in [-0.05, 0) is 43.1 Å².